The molecule has 0 aliphatic heterocycles. The van der Waals surface area contributed by atoms with E-state index in [0.717, 1.165) is 0 Å². The van der Waals surface area contributed by atoms with Gasteiger partial charge in [0.05, 0.1) is 0 Å². The Bertz CT molecular complexity index is 94.0. The minimum Gasteiger partial charge on any atom is 1.00 e. The summed E-state index contributed by atoms with van der Waals surface area (Å²) >= 11 is -6.00. The average molecular weight is 254 g/mol. The van der Waals surface area contributed by atoms with Crippen molar-refractivity contribution in [1.29, 1.82) is 0 Å². The molecule has 0 aliphatic rings. The van der Waals surface area contributed by atoms with Gasteiger partial charge in [-0.25, -0.2) is 0 Å². The molecule has 0 aromatic heterocycles. The van der Waals surface area contributed by atoms with Crippen LogP contribution in [0.15, 0.2) is 0 Å². The topological polar surface area (TPSA) is 57.2 Å². The first-order valence-electron chi connectivity index (χ1n) is 0.654. The first-order chi connectivity index (χ1) is 2.00. The van der Waals surface area contributed by atoms with E-state index >= 15 is 0 Å². The fraction of sp³-hybridized carbons (Fsp3) is 0. The summed E-state index contributed by atoms with van der Waals surface area (Å²) in [6.45, 7) is 0. The number of hydrogen-bond acceptors (Lipinski definition) is 3. The van der Waals surface area contributed by atoms with Crippen molar-refractivity contribution in [2.24, 2.45) is 0 Å². The van der Waals surface area contributed by atoms with Crippen molar-refractivity contribution in [3.63, 3.8) is 0 Å². The minimum atomic E-state index is -6.00. The molecule has 0 atom stereocenters. The second-order valence-corrected chi connectivity index (χ2v) is 2.04. The molecule has 6 heavy (non-hydrogen) atoms. The Labute approximate surface area is 51.5 Å². The molecule has 0 N–H and O–H groups in total. The molecule has 0 rings (SSSR count). The van der Waals surface area contributed by atoms with Crippen LogP contribution in [0.25, 0.3) is 0 Å². The number of hydrogen-bond donors (Lipinski definition) is 0. The van der Waals surface area contributed by atoms with E-state index in [1.807, 2.05) is 0 Å². The molecule has 0 saturated carbocycles. The van der Waals surface area contributed by atoms with Gasteiger partial charge in [-0.05, 0) is 0 Å². The molecular weight excluding hydrogens is 254 g/mol. The van der Waals surface area contributed by atoms with E-state index in [2.05, 4.69) is 0 Å². The Morgan fingerprint density at radius 1 is 1.50 bits per heavy atom. The summed E-state index contributed by atoms with van der Waals surface area (Å²) in [5, 5.41) is 0. The Hall–Kier alpha value is 0.750. The summed E-state index contributed by atoms with van der Waals surface area (Å²) in [4.78, 5) is 0. The quantitative estimate of drug-likeness (QED) is 0.500. The summed E-state index contributed by atoms with van der Waals surface area (Å²) < 4.78 is 35.6. The molecular formula is AgFO3Se. The van der Waals surface area contributed by atoms with Crippen molar-refractivity contribution in [2.45, 2.75) is 0 Å². The maximum absolute atomic E-state index is 10.2. The smallest absolute Gasteiger partial charge is 1.00 e. The van der Waals surface area contributed by atoms with Crippen molar-refractivity contribution in [3.8, 4) is 0 Å². The third-order valence-electron chi connectivity index (χ3n) is 0. The third-order valence-corrected chi connectivity index (χ3v) is 0. The molecule has 3 nitrogen and oxygen atoms in total. The van der Waals surface area contributed by atoms with Crippen molar-refractivity contribution >= 4 is 13.5 Å². The minimum absolute atomic E-state index is 0. The Balaban J connectivity index is 0. The number of halogens is 1. The summed E-state index contributed by atoms with van der Waals surface area (Å²) in [6.07, 6.45) is 0. The summed E-state index contributed by atoms with van der Waals surface area (Å²) in [7, 11) is 0. The molecule has 0 aromatic carbocycles. The first-order valence-corrected chi connectivity index (χ1v) is 3.40. The maximum Gasteiger partial charge on any atom is 1.00 e. The Kier molecular flexibility index (Phi) is 4.69. The largest absolute Gasteiger partial charge is 1.00 e. The van der Waals surface area contributed by atoms with E-state index in [1.165, 1.54) is 0 Å². The van der Waals surface area contributed by atoms with Crippen molar-refractivity contribution in [3.05, 3.63) is 0 Å². The van der Waals surface area contributed by atoms with Crippen molar-refractivity contribution in [2.75, 3.05) is 0 Å². The molecule has 0 amide bonds. The molecule has 0 saturated heterocycles. The van der Waals surface area contributed by atoms with Gasteiger partial charge in [0, 0.05) is 0 Å². The van der Waals surface area contributed by atoms with Gasteiger partial charge in [0.2, 0.25) is 0 Å². The third kappa shape index (κ3) is 119. The van der Waals surface area contributed by atoms with E-state index in [-0.39, 0.29) is 22.4 Å². The van der Waals surface area contributed by atoms with E-state index < -0.39 is 13.5 Å². The second-order valence-electron chi connectivity index (χ2n) is 0.393. The van der Waals surface area contributed by atoms with E-state index in [0.29, 0.717) is 0 Å². The van der Waals surface area contributed by atoms with Crippen LogP contribution in [-0.4, -0.2) is 13.5 Å². The summed E-state index contributed by atoms with van der Waals surface area (Å²) in [5.41, 5.74) is 0. The maximum atomic E-state index is 10.2. The van der Waals surface area contributed by atoms with Gasteiger partial charge in [-0.1, -0.05) is 0 Å². The van der Waals surface area contributed by atoms with Gasteiger partial charge in [0.25, 0.3) is 0 Å². The molecule has 0 aliphatic carbocycles. The second kappa shape index (κ2) is 2.85. The fourth-order valence-electron chi connectivity index (χ4n) is 0. The first kappa shape index (κ1) is 9.89. The predicted molar refractivity (Wildman–Crippen MR) is 8.23 cm³/mol. The molecule has 0 bridgehead atoms. The van der Waals surface area contributed by atoms with Crippen molar-refractivity contribution < 1.29 is 37.8 Å². The Morgan fingerprint density at radius 2 is 1.50 bits per heavy atom. The van der Waals surface area contributed by atoms with E-state index in [4.69, 9.17) is 11.9 Å². The Morgan fingerprint density at radius 3 is 1.50 bits per heavy atom. The zero-order valence-corrected chi connectivity index (χ0v) is 5.51. The van der Waals surface area contributed by atoms with Crippen molar-refractivity contribution in [1.82, 2.24) is 0 Å². The standard InChI is InChI=1S/Ag.FHO3Se/c;1-5(2,3)4/h;(H,2,3,4)/q+1;/p-1. The van der Waals surface area contributed by atoms with Gasteiger partial charge in [-0.2, -0.15) is 0 Å². The van der Waals surface area contributed by atoms with Gasteiger partial charge in [-0.3, -0.25) is 0 Å². The van der Waals surface area contributed by atoms with Crippen LogP contribution in [0.2, 0.25) is 0 Å². The molecule has 0 spiro atoms. The average Bonchev–Trinajstić information content (AvgIpc) is 0.722. The monoisotopic (exact) mass is 254 g/mol. The molecule has 42 valence electrons. The molecule has 0 aromatic rings. The summed E-state index contributed by atoms with van der Waals surface area (Å²) in [6, 6.07) is 0. The number of rotatable bonds is 0. The zero-order chi connectivity index (χ0) is 4.50. The van der Waals surface area contributed by atoms with E-state index in [9.17, 15) is 3.55 Å². The van der Waals surface area contributed by atoms with Crippen LogP contribution in [0.1, 0.15) is 0 Å². The predicted octanol–water partition coefficient (Wildman–Crippen LogP) is -1.39. The normalized spacial score (nSPS) is 9.67. The van der Waals surface area contributed by atoms with Gasteiger partial charge < -0.3 is 0 Å². The van der Waals surface area contributed by atoms with Gasteiger partial charge in [0.1, 0.15) is 0 Å². The summed E-state index contributed by atoms with van der Waals surface area (Å²) in [5.74, 6) is 0. The van der Waals surface area contributed by atoms with Gasteiger partial charge in [-0.15, -0.1) is 0 Å². The van der Waals surface area contributed by atoms with Crippen LogP contribution < -0.4 is 4.19 Å². The van der Waals surface area contributed by atoms with E-state index in [1.54, 1.807) is 0 Å². The van der Waals surface area contributed by atoms with Crippen LogP contribution >= 0.6 is 0 Å². The molecule has 0 radical (unpaired) electrons. The van der Waals surface area contributed by atoms with Gasteiger partial charge in [0.15, 0.2) is 0 Å². The SMILES string of the molecule is O=[Se](=O)([O-])F.[Ag+]. The molecule has 0 unspecified atom stereocenters. The fourth-order valence-corrected chi connectivity index (χ4v) is 0. The van der Waals surface area contributed by atoms with Crippen LogP contribution in [0.5, 0.6) is 0 Å². The van der Waals surface area contributed by atoms with Crippen LogP contribution in [-0.2, 0) is 30.0 Å². The van der Waals surface area contributed by atoms with Crippen LogP contribution in [0, 0.1) is 0 Å². The van der Waals surface area contributed by atoms with Gasteiger partial charge >= 0.3 is 51.3 Å². The molecule has 0 fully saturated rings. The molecule has 0 heterocycles. The zero-order valence-electron chi connectivity index (χ0n) is 2.31. The van der Waals surface area contributed by atoms with Crippen LogP contribution in [0.4, 0.5) is 3.55 Å². The molecule has 6 heteroatoms. The van der Waals surface area contributed by atoms with Crippen LogP contribution in [0.3, 0.4) is 0 Å².